The summed E-state index contributed by atoms with van der Waals surface area (Å²) < 4.78 is 0. The average molecular weight is 408 g/mol. The van der Waals surface area contributed by atoms with Gasteiger partial charge in [0.25, 0.3) is 0 Å². The topological polar surface area (TPSA) is 65.5 Å². The zero-order valence-electron chi connectivity index (χ0n) is 13.2. The Bertz CT molecular complexity index is 350. The van der Waals surface area contributed by atoms with E-state index in [0.717, 1.165) is 31.3 Å². The Labute approximate surface area is 145 Å². The van der Waals surface area contributed by atoms with Crippen LogP contribution in [0.3, 0.4) is 0 Å². The van der Waals surface area contributed by atoms with Gasteiger partial charge in [0, 0.05) is 18.6 Å². The molecule has 2 aliphatic rings. The van der Waals surface area contributed by atoms with Gasteiger partial charge in [0.05, 0.1) is 0 Å². The van der Waals surface area contributed by atoms with Crippen molar-refractivity contribution in [1.29, 1.82) is 0 Å². The van der Waals surface area contributed by atoms with E-state index < -0.39 is 0 Å². The van der Waals surface area contributed by atoms with E-state index in [0.29, 0.717) is 12.1 Å². The smallest absolute Gasteiger partial charge is 0.242 e. The zero-order valence-corrected chi connectivity index (χ0v) is 15.5. The molecule has 2 rings (SSSR count). The van der Waals surface area contributed by atoms with Crippen molar-refractivity contribution in [2.75, 3.05) is 13.1 Å². The molecule has 6 heteroatoms. The lowest BCUT2D eigenvalue weighted by molar-refractivity contribution is -0.119. The number of nitrogens with one attached hydrogen (secondary N) is 3. The highest BCUT2D eigenvalue weighted by molar-refractivity contribution is 14.0. The molecule has 122 valence electrons. The minimum Gasteiger partial charge on any atom is -0.357 e. The summed E-state index contributed by atoms with van der Waals surface area (Å²) in [6, 6.07) is 0.906. The molecule has 0 aromatic carbocycles. The van der Waals surface area contributed by atoms with E-state index in [1.54, 1.807) is 0 Å². The second kappa shape index (κ2) is 9.48. The lowest BCUT2D eigenvalue weighted by atomic mass is 9.87. The molecule has 0 heterocycles. The van der Waals surface area contributed by atoms with Crippen LogP contribution in [0.15, 0.2) is 4.99 Å². The first-order valence-corrected chi connectivity index (χ1v) is 8.01. The molecular formula is C15H29IN4O. The second-order valence-electron chi connectivity index (χ2n) is 6.14. The normalized spacial score (nSPS) is 25.7. The van der Waals surface area contributed by atoms with Crippen LogP contribution in [0.1, 0.15) is 52.4 Å². The van der Waals surface area contributed by atoms with Gasteiger partial charge in [0.1, 0.15) is 6.54 Å². The number of rotatable bonds is 5. The van der Waals surface area contributed by atoms with E-state index in [-0.39, 0.29) is 36.4 Å². The molecule has 21 heavy (non-hydrogen) atoms. The van der Waals surface area contributed by atoms with Crippen molar-refractivity contribution in [2.24, 2.45) is 10.9 Å². The average Bonchev–Trinajstić information content (AvgIpc) is 3.23. The fourth-order valence-corrected chi connectivity index (χ4v) is 2.57. The highest BCUT2D eigenvalue weighted by Gasteiger charge is 2.23. The molecule has 2 saturated carbocycles. The summed E-state index contributed by atoms with van der Waals surface area (Å²) in [6.07, 6.45) is 7.18. The minimum absolute atomic E-state index is 0. The highest BCUT2D eigenvalue weighted by atomic mass is 127. The number of hydrogen-bond acceptors (Lipinski definition) is 2. The van der Waals surface area contributed by atoms with Crippen molar-refractivity contribution < 1.29 is 4.79 Å². The van der Waals surface area contributed by atoms with Gasteiger partial charge in [-0.15, -0.1) is 24.0 Å². The Morgan fingerprint density at radius 2 is 1.62 bits per heavy atom. The number of carbonyl (C=O) groups is 1. The second-order valence-corrected chi connectivity index (χ2v) is 6.14. The first kappa shape index (κ1) is 18.5. The maximum atomic E-state index is 11.7. The van der Waals surface area contributed by atoms with E-state index in [2.05, 4.69) is 27.9 Å². The van der Waals surface area contributed by atoms with E-state index in [4.69, 9.17) is 0 Å². The maximum Gasteiger partial charge on any atom is 0.242 e. The number of hydrogen-bond donors (Lipinski definition) is 3. The quantitative estimate of drug-likeness (QED) is 0.371. The van der Waals surface area contributed by atoms with Crippen LogP contribution in [0.5, 0.6) is 0 Å². The predicted molar refractivity (Wildman–Crippen MR) is 97.1 cm³/mol. The third-order valence-electron chi connectivity index (χ3n) is 4.02. The number of nitrogens with zero attached hydrogens (tertiary/aromatic N) is 1. The SMILES string of the molecule is CCNC(=NCC(=O)NC1CC1)NC1CCC(C)CC1.I. The summed E-state index contributed by atoms with van der Waals surface area (Å²) in [7, 11) is 0. The van der Waals surface area contributed by atoms with Gasteiger partial charge in [-0.05, 0) is 51.4 Å². The third-order valence-corrected chi connectivity index (χ3v) is 4.02. The van der Waals surface area contributed by atoms with Crippen molar-refractivity contribution in [1.82, 2.24) is 16.0 Å². The van der Waals surface area contributed by atoms with E-state index in [1.165, 1.54) is 25.7 Å². The van der Waals surface area contributed by atoms with Crippen LogP contribution >= 0.6 is 24.0 Å². The molecule has 0 saturated heterocycles. The van der Waals surface area contributed by atoms with Crippen LogP contribution in [-0.2, 0) is 4.79 Å². The molecule has 0 aliphatic heterocycles. The molecule has 2 aliphatic carbocycles. The first-order chi connectivity index (χ1) is 9.67. The standard InChI is InChI=1S/C15H28N4O.HI/c1-3-16-15(17-10-14(20)18-12-8-9-12)19-13-6-4-11(2)5-7-13;/h11-13H,3-10H2,1-2H3,(H,18,20)(H2,16,17,19);1H. The molecule has 0 aromatic rings. The molecule has 1 amide bonds. The number of aliphatic imine (C=N–C) groups is 1. The Balaban J connectivity index is 0.00000220. The number of guanidine groups is 1. The predicted octanol–water partition coefficient (Wildman–Crippen LogP) is 2.02. The van der Waals surface area contributed by atoms with Crippen LogP contribution in [0.25, 0.3) is 0 Å². The van der Waals surface area contributed by atoms with Gasteiger partial charge in [-0.2, -0.15) is 0 Å². The van der Waals surface area contributed by atoms with Gasteiger partial charge in [-0.1, -0.05) is 6.92 Å². The molecule has 0 atom stereocenters. The number of halogens is 1. The highest BCUT2D eigenvalue weighted by Crippen LogP contribution is 2.23. The van der Waals surface area contributed by atoms with Gasteiger partial charge >= 0.3 is 0 Å². The fraction of sp³-hybridized carbons (Fsp3) is 0.867. The lowest BCUT2D eigenvalue weighted by Crippen LogP contribution is -2.45. The first-order valence-electron chi connectivity index (χ1n) is 8.01. The maximum absolute atomic E-state index is 11.7. The molecule has 0 radical (unpaired) electrons. The van der Waals surface area contributed by atoms with Crippen LogP contribution in [0, 0.1) is 5.92 Å². The summed E-state index contributed by atoms with van der Waals surface area (Å²) in [5.74, 6) is 1.65. The van der Waals surface area contributed by atoms with Gasteiger partial charge < -0.3 is 16.0 Å². The summed E-state index contributed by atoms with van der Waals surface area (Å²) in [4.78, 5) is 16.1. The molecule has 0 bridgehead atoms. The lowest BCUT2D eigenvalue weighted by Gasteiger charge is -2.28. The number of amides is 1. The van der Waals surface area contributed by atoms with E-state index >= 15 is 0 Å². The third kappa shape index (κ3) is 7.33. The molecule has 5 nitrogen and oxygen atoms in total. The van der Waals surface area contributed by atoms with Gasteiger partial charge in [0.15, 0.2) is 5.96 Å². The number of carbonyl (C=O) groups excluding carboxylic acids is 1. The molecule has 0 spiro atoms. The summed E-state index contributed by atoms with van der Waals surface area (Å²) in [5, 5.41) is 9.64. The van der Waals surface area contributed by atoms with Gasteiger partial charge in [-0.3, -0.25) is 4.79 Å². The molecule has 0 aromatic heterocycles. The summed E-state index contributed by atoms with van der Waals surface area (Å²) >= 11 is 0. The Hall–Kier alpha value is -0.530. The monoisotopic (exact) mass is 408 g/mol. The van der Waals surface area contributed by atoms with Crippen molar-refractivity contribution in [3.8, 4) is 0 Å². The van der Waals surface area contributed by atoms with E-state index in [9.17, 15) is 4.79 Å². The molecule has 2 fully saturated rings. The Morgan fingerprint density at radius 1 is 1.05 bits per heavy atom. The van der Waals surface area contributed by atoms with Crippen molar-refractivity contribution in [2.45, 2.75) is 64.5 Å². The van der Waals surface area contributed by atoms with Crippen LogP contribution in [0.2, 0.25) is 0 Å². The van der Waals surface area contributed by atoms with Crippen LogP contribution in [0.4, 0.5) is 0 Å². The summed E-state index contributed by atoms with van der Waals surface area (Å²) in [5.41, 5.74) is 0. The molecule has 3 N–H and O–H groups in total. The largest absolute Gasteiger partial charge is 0.357 e. The van der Waals surface area contributed by atoms with Crippen LogP contribution < -0.4 is 16.0 Å². The van der Waals surface area contributed by atoms with Crippen molar-refractivity contribution in [3.63, 3.8) is 0 Å². The van der Waals surface area contributed by atoms with E-state index in [1.807, 2.05) is 6.92 Å². The molecule has 0 unspecified atom stereocenters. The van der Waals surface area contributed by atoms with Crippen molar-refractivity contribution >= 4 is 35.8 Å². The van der Waals surface area contributed by atoms with Crippen molar-refractivity contribution in [3.05, 3.63) is 0 Å². The molecular weight excluding hydrogens is 379 g/mol. The Kier molecular flexibility index (Phi) is 8.36. The van der Waals surface area contributed by atoms with Crippen LogP contribution in [-0.4, -0.2) is 37.0 Å². The minimum atomic E-state index is 0. The van der Waals surface area contributed by atoms with Gasteiger partial charge in [0.2, 0.25) is 5.91 Å². The zero-order chi connectivity index (χ0) is 14.4. The summed E-state index contributed by atoms with van der Waals surface area (Å²) in [6.45, 7) is 5.40. The fourth-order valence-electron chi connectivity index (χ4n) is 2.57. The van der Waals surface area contributed by atoms with Gasteiger partial charge in [-0.25, -0.2) is 4.99 Å². The Morgan fingerprint density at radius 3 is 2.19 bits per heavy atom.